The van der Waals surface area contributed by atoms with Gasteiger partial charge in [0, 0.05) is 28.9 Å². The first kappa shape index (κ1) is 15.9. The summed E-state index contributed by atoms with van der Waals surface area (Å²) < 4.78 is 0. The summed E-state index contributed by atoms with van der Waals surface area (Å²) in [4.78, 5) is 20.6. The van der Waals surface area contributed by atoms with Crippen molar-refractivity contribution in [1.29, 1.82) is 0 Å². The molecule has 0 atom stereocenters. The predicted molar refractivity (Wildman–Crippen MR) is 96.5 cm³/mol. The predicted octanol–water partition coefficient (Wildman–Crippen LogP) is 3.81. The van der Waals surface area contributed by atoms with Crippen LogP contribution in [0.25, 0.3) is 10.9 Å². The standard InChI is InChI=1S/C16H15N5O2S/c1-2-7-17-15-13-9-11(21(22)23)5-6-14(13)19-16(20-15)18-10-12-4-3-8-24-12/h2-6,8-9H,1,7,10H2,(H2,17,18,19,20). The Balaban J connectivity index is 1.96. The molecule has 0 saturated carbocycles. The summed E-state index contributed by atoms with van der Waals surface area (Å²) in [6, 6.07) is 8.56. The average Bonchev–Trinajstić information content (AvgIpc) is 3.10. The molecule has 0 unspecified atom stereocenters. The quantitative estimate of drug-likeness (QED) is 0.386. The summed E-state index contributed by atoms with van der Waals surface area (Å²) in [7, 11) is 0. The number of fused-ring (bicyclic) bond motifs is 1. The number of thiophene rings is 1. The lowest BCUT2D eigenvalue weighted by Crippen LogP contribution is -2.07. The van der Waals surface area contributed by atoms with E-state index in [1.807, 2.05) is 17.5 Å². The van der Waals surface area contributed by atoms with E-state index in [-0.39, 0.29) is 5.69 Å². The Morgan fingerprint density at radius 1 is 1.29 bits per heavy atom. The zero-order valence-corrected chi connectivity index (χ0v) is 13.5. The molecule has 0 bridgehead atoms. The number of nitrogens with zero attached hydrogens (tertiary/aromatic N) is 3. The van der Waals surface area contributed by atoms with Gasteiger partial charge in [0.25, 0.3) is 5.69 Å². The van der Waals surface area contributed by atoms with Crippen LogP contribution in [0, 0.1) is 10.1 Å². The molecule has 8 heteroatoms. The van der Waals surface area contributed by atoms with Crippen LogP contribution in [-0.2, 0) is 6.54 Å². The van der Waals surface area contributed by atoms with E-state index in [9.17, 15) is 10.1 Å². The Hall–Kier alpha value is -3.00. The van der Waals surface area contributed by atoms with Crippen LogP contribution in [0.3, 0.4) is 0 Å². The summed E-state index contributed by atoms with van der Waals surface area (Å²) in [5.74, 6) is 1.01. The van der Waals surface area contributed by atoms with E-state index in [0.717, 1.165) is 0 Å². The molecule has 0 saturated heterocycles. The molecule has 0 fully saturated rings. The molecule has 2 N–H and O–H groups in total. The van der Waals surface area contributed by atoms with Crippen molar-refractivity contribution >= 4 is 39.7 Å². The van der Waals surface area contributed by atoms with Crippen molar-refractivity contribution in [3.63, 3.8) is 0 Å². The maximum absolute atomic E-state index is 11.0. The fourth-order valence-corrected chi connectivity index (χ4v) is 2.84. The van der Waals surface area contributed by atoms with Crippen molar-refractivity contribution in [2.24, 2.45) is 0 Å². The molecule has 24 heavy (non-hydrogen) atoms. The molecule has 122 valence electrons. The SMILES string of the molecule is C=CCNc1nc(NCc2cccs2)nc2ccc([N+](=O)[O-])cc12. The second kappa shape index (κ2) is 7.05. The first-order chi connectivity index (χ1) is 11.7. The third-order valence-corrected chi connectivity index (χ3v) is 4.18. The molecule has 3 aromatic rings. The third-order valence-electron chi connectivity index (χ3n) is 3.30. The van der Waals surface area contributed by atoms with Crippen LogP contribution < -0.4 is 10.6 Å². The molecule has 2 aromatic heterocycles. The van der Waals surface area contributed by atoms with Crippen LogP contribution in [0.15, 0.2) is 48.4 Å². The van der Waals surface area contributed by atoms with Crippen molar-refractivity contribution in [2.75, 3.05) is 17.2 Å². The second-order valence-electron chi connectivity index (χ2n) is 4.96. The number of nitro benzene ring substituents is 1. The minimum absolute atomic E-state index is 0.00653. The minimum Gasteiger partial charge on any atom is -0.366 e. The molecule has 0 radical (unpaired) electrons. The summed E-state index contributed by atoms with van der Waals surface area (Å²) in [5.41, 5.74) is 0.642. The van der Waals surface area contributed by atoms with Crippen LogP contribution in [0.5, 0.6) is 0 Å². The number of hydrogen-bond donors (Lipinski definition) is 2. The molecular formula is C16H15N5O2S. The van der Waals surface area contributed by atoms with Gasteiger partial charge in [-0.3, -0.25) is 10.1 Å². The Labute approximate surface area is 142 Å². The van der Waals surface area contributed by atoms with E-state index >= 15 is 0 Å². The maximum Gasteiger partial charge on any atom is 0.270 e. The molecule has 0 aliphatic heterocycles. The van der Waals surface area contributed by atoms with E-state index < -0.39 is 4.92 Å². The van der Waals surface area contributed by atoms with Crippen molar-refractivity contribution in [3.8, 4) is 0 Å². The Morgan fingerprint density at radius 2 is 2.17 bits per heavy atom. The third kappa shape index (κ3) is 3.49. The van der Waals surface area contributed by atoms with Gasteiger partial charge in [-0.1, -0.05) is 12.1 Å². The first-order valence-corrected chi connectivity index (χ1v) is 8.12. The number of nitro groups is 1. The lowest BCUT2D eigenvalue weighted by Gasteiger charge is -2.10. The van der Waals surface area contributed by atoms with Gasteiger partial charge in [0.1, 0.15) is 5.82 Å². The van der Waals surface area contributed by atoms with Gasteiger partial charge in [-0.2, -0.15) is 4.98 Å². The van der Waals surface area contributed by atoms with Gasteiger partial charge in [-0.15, -0.1) is 17.9 Å². The molecule has 0 amide bonds. The molecule has 3 rings (SSSR count). The summed E-state index contributed by atoms with van der Waals surface area (Å²) >= 11 is 1.65. The summed E-state index contributed by atoms with van der Waals surface area (Å²) in [6.45, 7) is 4.79. The Morgan fingerprint density at radius 3 is 2.88 bits per heavy atom. The average molecular weight is 341 g/mol. The van der Waals surface area contributed by atoms with E-state index in [0.29, 0.717) is 35.8 Å². The highest BCUT2D eigenvalue weighted by Gasteiger charge is 2.12. The zero-order valence-electron chi connectivity index (χ0n) is 12.7. The molecule has 2 heterocycles. The van der Waals surface area contributed by atoms with Gasteiger partial charge in [0.05, 0.1) is 17.0 Å². The summed E-state index contributed by atoms with van der Waals surface area (Å²) in [5, 5.41) is 19.9. The molecule has 0 spiro atoms. The van der Waals surface area contributed by atoms with E-state index in [1.54, 1.807) is 23.5 Å². The van der Waals surface area contributed by atoms with E-state index in [2.05, 4.69) is 27.2 Å². The van der Waals surface area contributed by atoms with Crippen molar-refractivity contribution in [1.82, 2.24) is 9.97 Å². The largest absolute Gasteiger partial charge is 0.366 e. The Bertz CT molecular complexity index is 880. The number of nitrogens with one attached hydrogen (secondary N) is 2. The lowest BCUT2D eigenvalue weighted by atomic mass is 10.2. The van der Waals surface area contributed by atoms with Gasteiger partial charge in [-0.05, 0) is 17.5 Å². The van der Waals surface area contributed by atoms with Gasteiger partial charge >= 0.3 is 0 Å². The molecule has 7 nitrogen and oxygen atoms in total. The van der Waals surface area contributed by atoms with Crippen LogP contribution in [-0.4, -0.2) is 21.4 Å². The minimum atomic E-state index is -0.431. The number of benzene rings is 1. The van der Waals surface area contributed by atoms with Crippen LogP contribution >= 0.6 is 11.3 Å². The maximum atomic E-state index is 11.0. The molecular weight excluding hydrogens is 326 g/mol. The number of rotatable bonds is 7. The Kier molecular flexibility index (Phi) is 4.66. The van der Waals surface area contributed by atoms with Crippen molar-refractivity contribution < 1.29 is 4.92 Å². The van der Waals surface area contributed by atoms with Crippen molar-refractivity contribution in [2.45, 2.75) is 6.54 Å². The van der Waals surface area contributed by atoms with Gasteiger partial charge in [-0.25, -0.2) is 4.98 Å². The number of anilines is 2. The number of non-ortho nitro benzene ring substituents is 1. The topological polar surface area (TPSA) is 93.0 Å². The molecule has 0 aliphatic rings. The number of hydrogen-bond acceptors (Lipinski definition) is 7. The van der Waals surface area contributed by atoms with E-state index in [1.165, 1.54) is 17.0 Å². The fourth-order valence-electron chi connectivity index (χ4n) is 2.19. The zero-order chi connectivity index (χ0) is 16.9. The van der Waals surface area contributed by atoms with Crippen molar-refractivity contribution in [3.05, 3.63) is 63.4 Å². The van der Waals surface area contributed by atoms with E-state index in [4.69, 9.17) is 0 Å². The normalized spacial score (nSPS) is 10.5. The first-order valence-electron chi connectivity index (χ1n) is 7.24. The van der Waals surface area contributed by atoms with Gasteiger partial charge in [0.2, 0.25) is 5.95 Å². The number of aromatic nitrogens is 2. The summed E-state index contributed by atoms with van der Waals surface area (Å²) in [6.07, 6.45) is 1.70. The monoisotopic (exact) mass is 341 g/mol. The molecule has 0 aliphatic carbocycles. The van der Waals surface area contributed by atoms with Crippen LogP contribution in [0.4, 0.5) is 17.5 Å². The highest BCUT2D eigenvalue weighted by Crippen LogP contribution is 2.26. The highest BCUT2D eigenvalue weighted by molar-refractivity contribution is 7.09. The van der Waals surface area contributed by atoms with Crippen LogP contribution in [0.2, 0.25) is 0 Å². The molecule has 1 aromatic carbocycles. The fraction of sp³-hybridized carbons (Fsp3) is 0.125. The van der Waals surface area contributed by atoms with Gasteiger partial charge < -0.3 is 10.6 Å². The highest BCUT2D eigenvalue weighted by atomic mass is 32.1. The second-order valence-corrected chi connectivity index (χ2v) is 5.99. The lowest BCUT2D eigenvalue weighted by molar-refractivity contribution is -0.384. The smallest absolute Gasteiger partial charge is 0.270 e. The van der Waals surface area contributed by atoms with Gasteiger partial charge in [0.15, 0.2) is 0 Å². The van der Waals surface area contributed by atoms with Crippen LogP contribution in [0.1, 0.15) is 4.88 Å².